The van der Waals surface area contributed by atoms with Crippen molar-refractivity contribution < 1.29 is 4.79 Å². The Balaban J connectivity index is 2.02. The average molecular weight is 460 g/mol. The van der Waals surface area contributed by atoms with Gasteiger partial charge in [0, 0.05) is 24.4 Å². The predicted molar refractivity (Wildman–Crippen MR) is 126 cm³/mol. The number of rotatable bonds is 5. The molecule has 0 saturated carbocycles. The third-order valence-electron chi connectivity index (χ3n) is 4.66. The summed E-state index contributed by atoms with van der Waals surface area (Å²) in [5, 5.41) is 3.53. The third-order valence-corrected chi connectivity index (χ3v) is 6.43. The van der Waals surface area contributed by atoms with Crippen molar-refractivity contribution in [1.82, 2.24) is 19.1 Å². The largest absolute Gasteiger partial charge is 0.332 e. The van der Waals surface area contributed by atoms with Crippen LogP contribution in [0.25, 0.3) is 11.0 Å². The Kier molecular flexibility index (Phi) is 6.61. The lowest BCUT2D eigenvalue weighted by molar-refractivity contribution is -0.113. The molecule has 0 aliphatic rings. The van der Waals surface area contributed by atoms with E-state index in [1.807, 2.05) is 51.3 Å². The van der Waals surface area contributed by atoms with E-state index in [2.05, 4.69) is 15.3 Å². The minimum Gasteiger partial charge on any atom is -0.324 e. The maximum Gasteiger partial charge on any atom is 0.332 e. The molecule has 1 aromatic carbocycles. The number of nitrogens with one attached hydrogen (secondary N) is 1. The maximum absolute atomic E-state index is 12.9. The fraction of sp³-hybridized carbons (Fsp3) is 0.381. The van der Waals surface area contributed by atoms with E-state index in [4.69, 9.17) is 0 Å². The van der Waals surface area contributed by atoms with E-state index in [0.29, 0.717) is 10.9 Å². The fourth-order valence-electron chi connectivity index (χ4n) is 2.94. The molecule has 3 aromatic rings. The molecule has 0 fully saturated rings. The van der Waals surface area contributed by atoms with Gasteiger partial charge in [0.15, 0.2) is 5.65 Å². The van der Waals surface area contributed by atoms with Crippen LogP contribution < -0.4 is 16.6 Å². The molecule has 2 aromatic heterocycles. The van der Waals surface area contributed by atoms with E-state index in [-0.39, 0.29) is 22.7 Å². The number of hydrogen-bond acceptors (Lipinski definition) is 7. The molecule has 0 atom stereocenters. The number of aryl methyl sites for hydroxylation is 1. The summed E-state index contributed by atoms with van der Waals surface area (Å²) in [6.45, 7) is 5.86. The van der Waals surface area contributed by atoms with Crippen molar-refractivity contribution in [1.29, 1.82) is 0 Å². The second-order valence-corrected chi connectivity index (χ2v) is 9.86. The van der Waals surface area contributed by atoms with Gasteiger partial charge in [0.2, 0.25) is 5.91 Å². The second kappa shape index (κ2) is 8.88. The molecule has 0 bridgehead atoms. The van der Waals surface area contributed by atoms with Crippen LogP contribution in [0.4, 0.5) is 5.69 Å². The van der Waals surface area contributed by atoms with Crippen LogP contribution in [-0.4, -0.2) is 37.0 Å². The lowest BCUT2D eigenvalue weighted by Gasteiger charge is -2.19. The monoisotopic (exact) mass is 459 g/mol. The molecular weight excluding hydrogens is 434 g/mol. The van der Waals surface area contributed by atoms with Gasteiger partial charge in [-0.2, -0.15) is 0 Å². The van der Waals surface area contributed by atoms with Gasteiger partial charge in [0.1, 0.15) is 16.2 Å². The van der Waals surface area contributed by atoms with Gasteiger partial charge in [-0.1, -0.05) is 44.7 Å². The summed E-state index contributed by atoms with van der Waals surface area (Å²) < 4.78 is 2.37. The van der Waals surface area contributed by atoms with E-state index in [9.17, 15) is 14.4 Å². The zero-order chi connectivity index (χ0) is 22.9. The highest BCUT2D eigenvalue weighted by atomic mass is 32.2. The van der Waals surface area contributed by atoms with Crippen molar-refractivity contribution in [2.24, 2.45) is 14.1 Å². The van der Waals surface area contributed by atoms with E-state index in [1.165, 1.54) is 11.6 Å². The van der Waals surface area contributed by atoms with Crippen LogP contribution in [0.3, 0.4) is 0 Å². The molecule has 31 heavy (non-hydrogen) atoms. The highest BCUT2D eigenvalue weighted by Crippen LogP contribution is 2.28. The highest BCUT2D eigenvalue weighted by molar-refractivity contribution is 8.00. The molecular formula is C21H25N5O3S2. The number of carbonyl (C=O) groups excluding carboxylic acids is 1. The standard InChI is InChI=1S/C21H25N5O3S2/c1-21(2,3)19-23-16-15(18(28)26(5)20(29)25(16)4)17(24-19)31-11-14(27)22-12-9-7-8-10-13(12)30-6/h7-10H,11H2,1-6H3,(H,22,27). The van der Waals surface area contributed by atoms with Gasteiger partial charge in [-0.15, -0.1) is 11.8 Å². The molecule has 0 spiro atoms. The Morgan fingerprint density at radius 3 is 2.42 bits per heavy atom. The average Bonchev–Trinajstić information content (AvgIpc) is 2.73. The van der Waals surface area contributed by atoms with Crippen LogP contribution in [0.1, 0.15) is 26.6 Å². The van der Waals surface area contributed by atoms with E-state index < -0.39 is 16.7 Å². The first-order valence-electron chi connectivity index (χ1n) is 9.58. The normalized spacial score (nSPS) is 11.7. The number of aromatic nitrogens is 4. The van der Waals surface area contributed by atoms with Gasteiger partial charge in [-0.25, -0.2) is 14.8 Å². The SMILES string of the molecule is CSc1ccccc1NC(=O)CSc1nc(C(C)(C)C)nc2c1c(=O)n(C)c(=O)n2C. The van der Waals surface area contributed by atoms with E-state index in [0.717, 1.165) is 26.9 Å². The van der Waals surface area contributed by atoms with Crippen molar-refractivity contribution in [3.8, 4) is 0 Å². The van der Waals surface area contributed by atoms with Gasteiger partial charge < -0.3 is 5.32 Å². The molecule has 0 aliphatic carbocycles. The number of fused-ring (bicyclic) bond motifs is 1. The Morgan fingerprint density at radius 2 is 1.77 bits per heavy atom. The van der Waals surface area contributed by atoms with E-state index in [1.54, 1.807) is 18.8 Å². The summed E-state index contributed by atoms with van der Waals surface area (Å²) in [6, 6.07) is 7.56. The van der Waals surface area contributed by atoms with Gasteiger partial charge in [-0.3, -0.25) is 18.7 Å². The summed E-state index contributed by atoms with van der Waals surface area (Å²) in [7, 11) is 2.99. The van der Waals surface area contributed by atoms with E-state index >= 15 is 0 Å². The third kappa shape index (κ3) is 4.69. The first-order valence-corrected chi connectivity index (χ1v) is 11.8. The molecule has 164 valence electrons. The number of benzene rings is 1. The second-order valence-electron chi connectivity index (χ2n) is 8.04. The number of carbonyl (C=O) groups is 1. The predicted octanol–water partition coefficient (Wildman–Crippen LogP) is 2.78. The van der Waals surface area contributed by atoms with Crippen molar-refractivity contribution in [2.75, 3.05) is 17.3 Å². The van der Waals surface area contributed by atoms with Gasteiger partial charge >= 0.3 is 5.69 Å². The Bertz CT molecular complexity index is 1270. The van der Waals surface area contributed by atoms with Crippen molar-refractivity contribution >= 4 is 46.2 Å². The maximum atomic E-state index is 12.9. The summed E-state index contributed by atoms with van der Waals surface area (Å²) in [6.07, 6.45) is 1.95. The summed E-state index contributed by atoms with van der Waals surface area (Å²) >= 11 is 2.71. The Hall–Kier alpha value is -2.59. The molecule has 1 amide bonds. The summed E-state index contributed by atoms with van der Waals surface area (Å²) in [4.78, 5) is 47.9. The quantitative estimate of drug-likeness (QED) is 0.463. The number of anilines is 1. The number of thioether (sulfide) groups is 2. The Labute approximate surface area is 188 Å². The van der Waals surface area contributed by atoms with Crippen LogP contribution in [-0.2, 0) is 24.3 Å². The molecule has 0 unspecified atom stereocenters. The van der Waals surface area contributed by atoms with Crippen LogP contribution in [0.2, 0.25) is 0 Å². The fourth-order valence-corrected chi connectivity index (χ4v) is 4.30. The topological polar surface area (TPSA) is 98.9 Å². The number of amides is 1. The lowest BCUT2D eigenvalue weighted by atomic mass is 9.96. The van der Waals surface area contributed by atoms with Gasteiger partial charge in [-0.05, 0) is 18.4 Å². The van der Waals surface area contributed by atoms with Crippen molar-refractivity contribution in [3.63, 3.8) is 0 Å². The number of nitrogens with zero attached hydrogens (tertiary/aromatic N) is 4. The van der Waals surface area contributed by atoms with Gasteiger partial charge in [0.25, 0.3) is 5.56 Å². The zero-order valence-electron chi connectivity index (χ0n) is 18.3. The molecule has 3 rings (SSSR count). The first-order chi connectivity index (χ1) is 14.5. The van der Waals surface area contributed by atoms with Crippen molar-refractivity contribution in [2.45, 2.75) is 36.1 Å². The van der Waals surface area contributed by atoms with Crippen LogP contribution in [0.5, 0.6) is 0 Å². The molecule has 0 saturated heterocycles. The van der Waals surface area contributed by atoms with Crippen molar-refractivity contribution in [3.05, 3.63) is 50.9 Å². The summed E-state index contributed by atoms with van der Waals surface area (Å²) in [5.74, 6) is 0.348. The first kappa shape index (κ1) is 23.1. The molecule has 0 aliphatic heterocycles. The molecule has 0 radical (unpaired) electrons. The smallest absolute Gasteiger partial charge is 0.324 e. The molecule has 10 heteroatoms. The molecule has 8 nitrogen and oxygen atoms in total. The van der Waals surface area contributed by atoms with Crippen LogP contribution in [0.15, 0.2) is 43.8 Å². The Morgan fingerprint density at radius 1 is 1.10 bits per heavy atom. The zero-order valence-corrected chi connectivity index (χ0v) is 20.0. The number of hydrogen-bond donors (Lipinski definition) is 1. The van der Waals surface area contributed by atoms with Crippen LogP contribution in [0, 0.1) is 0 Å². The van der Waals surface area contributed by atoms with Crippen LogP contribution >= 0.6 is 23.5 Å². The lowest BCUT2D eigenvalue weighted by Crippen LogP contribution is -2.38. The highest BCUT2D eigenvalue weighted by Gasteiger charge is 2.24. The number of para-hydroxylation sites is 1. The van der Waals surface area contributed by atoms with Gasteiger partial charge in [0.05, 0.1) is 11.4 Å². The molecule has 2 heterocycles. The summed E-state index contributed by atoms with van der Waals surface area (Å²) in [5.41, 5.74) is -0.335. The molecule has 1 N–H and O–H groups in total. The minimum atomic E-state index is -0.478. The minimum absolute atomic E-state index is 0.0599.